The van der Waals surface area contributed by atoms with Gasteiger partial charge >= 0.3 is 0 Å². The van der Waals surface area contributed by atoms with E-state index in [9.17, 15) is 5.11 Å². The van der Waals surface area contributed by atoms with E-state index in [4.69, 9.17) is 11.6 Å². The highest BCUT2D eigenvalue weighted by molar-refractivity contribution is 6.30. The topological polar surface area (TPSA) is 37.6 Å². The Kier molecular flexibility index (Phi) is 4.13. The molecule has 3 nitrogen and oxygen atoms in total. The number of hydrogen-bond acceptors (Lipinski definition) is 2. The van der Waals surface area contributed by atoms with Gasteiger partial charge in [-0.3, -0.25) is 4.98 Å². The molecule has 1 unspecified atom stereocenters. The van der Waals surface area contributed by atoms with Crippen LogP contribution >= 0.6 is 11.6 Å². The van der Waals surface area contributed by atoms with Gasteiger partial charge in [0.25, 0.3) is 0 Å². The number of rotatable bonds is 3. The van der Waals surface area contributed by atoms with Crippen molar-refractivity contribution in [2.45, 2.75) is 18.9 Å². The molecule has 122 valence electrons. The van der Waals surface area contributed by atoms with E-state index in [1.54, 1.807) is 6.20 Å². The van der Waals surface area contributed by atoms with Crippen LogP contribution in [0.5, 0.6) is 5.75 Å². The third kappa shape index (κ3) is 2.74. The van der Waals surface area contributed by atoms with E-state index in [-0.39, 0.29) is 6.04 Å². The normalized spacial score (nSPS) is 16.5. The lowest BCUT2D eigenvalue weighted by molar-refractivity contribution is -0.913. The van der Waals surface area contributed by atoms with Crippen molar-refractivity contribution < 1.29 is 10.0 Å². The smallest absolute Gasteiger partial charge is 0.151 e. The van der Waals surface area contributed by atoms with Crippen molar-refractivity contribution in [1.29, 1.82) is 0 Å². The maximum absolute atomic E-state index is 10.9. The van der Waals surface area contributed by atoms with Gasteiger partial charge in [0.1, 0.15) is 11.6 Å². The molecule has 1 atom stereocenters. The molecule has 0 radical (unpaired) electrons. The van der Waals surface area contributed by atoms with Crippen molar-refractivity contribution in [3.05, 3.63) is 70.9 Å². The van der Waals surface area contributed by atoms with Crippen LogP contribution in [0.15, 0.2) is 54.7 Å². The number of phenols is 1. The lowest BCUT2D eigenvalue weighted by Gasteiger charge is -2.26. The Morgan fingerprint density at radius 2 is 1.75 bits per heavy atom. The molecule has 4 rings (SSSR count). The number of aromatic hydroxyl groups is 1. The molecule has 3 aromatic rings. The summed E-state index contributed by atoms with van der Waals surface area (Å²) in [5, 5.41) is 12.6. The molecule has 4 heteroatoms. The Morgan fingerprint density at radius 3 is 2.50 bits per heavy atom. The number of pyridine rings is 1. The van der Waals surface area contributed by atoms with Crippen LogP contribution in [0.2, 0.25) is 5.02 Å². The fourth-order valence-electron chi connectivity index (χ4n) is 3.79. The second-order valence-corrected chi connectivity index (χ2v) is 6.86. The number of quaternary nitrogens is 1. The van der Waals surface area contributed by atoms with E-state index < -0.39 is 0 Å². The summed E-state index contributed by atoms with van der Waals surface area (Å²) >= 11 is 6.07. The fourth-order valence-corrected chi connectivity index (χ4v) is 3.91. The van der Waals surface area contributed by atoms with Crippen molar-refractivity contribution in [3.63, 3.8) is 0 Å². The van der Waals surface area contributed by atoms with Crippen molar-refractivity contribution in [3.8, 4) is 5.75 Å². The number of aromatic nitrogens is 1. The van der Waals surface area contributed by atoms with Crippen LogP contribution in [-0.4, -0.2) is 23.2 Å². The number of likely N-dealkylation sites (tertiary alicyclic amines) is 1. The molecule has 1 aromatic heterocycles. The zero-order valence-electron chi connectivity index (χ0n) is 13.4. The SMILES string of the molecule is Oc1c(C(c2ccc(Cl)cc2)[NH+]2CCCC2)ccc2cccnc12. The second-order valence-electron chi connectivity index (χ2n) is 6.43. The predicted octanol–water partition coefficient (Wildman–Crippen LogP) is 3.36. The lowest BCUT2D eigenvalue weighted by atomic mass is 9.95. The molecule has 0 bridgehead atoms. The quantitative estimate of drug-likeness (QED) is 0.767. The minimum atomic E-state index is 0.108. The van der Waals surface area contributed by atoms with Gasteiger partial charge in [0.05, 0.1) is 18.7 Å². The van der Waals surface area contributed by atoms with Crippen molar-refractivity contribution in [1.82, 2.24) is 4.98 Å². The second kappa shape index (κ2) is 6.42. The molecule has 1 saturated heterocycles. The minimum absolute atomic E-state index is 0.108. The Balaban J connectivity index is 1.86. The molecule has 1 aliphatic rings. The van der Waals surface area contributed by atoms with Crippen LogP contribution in [-0.2, 0) is 0 Å². The van der Waals surface area contributed by atoms with Crippen LogP contribution in [0.4, 0.5) is 0 Å². The molecule has 0 aliphatic carbocycles. The van der Waals surface area contributed by atoms with Crippen LogP contribution < -0.4 is 4.90 Å². The zero-order valence-corrected chi connectivity index (χ0v) is 14.1. The lowest BCUT2D eigenvalue weighted by Crippen LogP contribution is -3.10. The number of hydrogen-bond donors (Lipinski definition) is 2. The first-order valence-electron chi connectivity index (χ1n) is 8.40. The molecule has 0 spiro atoms. The number of benzene rings is 2. The summed E-state index contributed by atoms with van der Waals surface area (Å²) in [6.45, 7) is 2.24. The van der Waals surface area contributed by atoms with Gasteiger partial charge in [0.2, 0.25) is 0 Å². The monoisotopic (exact) mass is 339 g/mol. The molecule has 2 aromatic carbocycles. The molecule has 2 heterocycles. The van der Waals surface area contributed by atoms with E-state index in [0.29, 0.717) is 11.3 Å². The van der Waals surface area contributed by atoms with E-state index >= 15 is 0 Å². The Labute approximate surface area is 146 Å². The summed E-state index contributed by atoms with van der Waals surface area (Å²) in [4.78, 5) is 5.87. The average molecular weight is 340 g/mol. The molecule has 0 saturated carbocycles. The summed E-state index contributed by atoms with van der Waals surface area (Å²) in [5.41, 5.74) is 2.80. The van der Waals surface area contributed by atoms with Crippen LogP contribution in [0.25, 0.3) is 10.9 Å². The summed E-state index contributed by atoms with van der Waals surface area (Å²) in [6.07, 6.45) is 4.18. The van der Waals surface area contributed by atoms with E-state index in [1.807, 2.05) is 30.3 Å². The number of nitrogens with zero attached hydrogens (tertiary/aromatic N) is 1. The van der Waals surface area contributed by atoms with Crippen molar-refractivity contribution in [2.75, 3.05) is 13.1 Å². The van der Waals surface area contributed by atoms with E-state index in [1.165, 1.54) is 23.3 Å². The van der Waals surface area contributed by atoms with Crippen LogP contribution in [0, 0.1) is 0 Å². The molecule has 24 heavy (non-hydrogen) atoms. The van der Waals surface area contributed by atoms with E-state index in [2.05, 4.69) is 23.2 Å². The van der Waals surface area contributed by atoms with Crippen molar-refractivity contribution in [2.24, 2.45) is 0 Å². The van der Waals surface area contributed by atoms with Gasteiger partial charge in [-0.2, -0.15) is 0 Å². The molecular weight excluding hydrogens is 320 g/mol. The number of phenolic OH excluding ortho intramolecular Hbond substituents is 1. The fraction of sp³-hybridized carbons (Fsp3) is 0.250. The maximum atomic E-state index is 10.9. The molecule has 1 fully saturated rings. The highest BCUT2D eigenvalue weighted by Crippen LogP contribution is 2.33. The molecular formula is C20H20ClN2O+. The Bertz CT molecular complexity index is 857. The Morgan fingerprint density at radius 1 is 1.00 bits per heavy atom. The van der Waals surface area contributed by atoms with Gasteiger partial charge in [-0.05, 0) is 24.3 Å². The van der Waals surface area contributed by atoms with Crippen molar-refractivity contribution >= 4 is 22.5 Å². The van der Waals surface area contributed by atoms with Gasteiger partial charge in [0.15, 0.2) is 5.75 Å². The van der Waals surface area contributed by atoms with E-state index in [0.717, 1.165) is 29.1 Å². The van der Waals surface area contributed by atoms with Crippen LogP contribution in [0.1, 0.15) is 30.0 Å². The predicted molar refractivity (Wildman–Crippen MR) is 96.6 cm³/mol. The highest BCUT2D eigenvalue weighted by atomic mass is 35.5. The third-order valence-corrected chi connectivity index (χ3v) is 5.20. The van der Waals surface area contributed by atoms with Gasteiger partial charge in [-0.15, -0.1) is 0 Å². The Hall–Kier alpha value is -2.10. The van der Waals surface area contributed by atoms with Crippen LogP contribution in [0.3, 0.4) is 0 Å². The standard InChI is InChI=1S/C20H19ClN2O/c21-16-8-5-15(6-9-16)19(23-12-1-2-13-23)17-10-7-14-4-3-11-22-18(14)20(17)24/h3-11,19,24H,1-2,12-13H2/p+1. The number of halogens is 1. The summed E-state index contributed by atoms with van der Waals surface area (Å²) in [5.74, 6) is 0.299. The summed E-state index contributed by atoms with van der Waals surface area (Å²) in [7, 11) is 0. The van der Waals surface area contributed by atoms with Gasteiger partial charge in [0, 0.05) is 35.0 Å². The maximum Gasteiger partial charge on any atom is 0.151 e. The highest BCUT2D eigenvalue weighted by Gasteiger charge is 2.31. The molecule has 0 amide bonds. The van der Waals surface area contributed by atoms with Gasteiger partial charge in [-0.1, -0.05) is 35.9 Å². The first-order valence-corrected chi connectivity index (χ1v) is 8.78. The average Bonchev–Trinajstić information content (AvgIpc) is 3.13. The first kappa shape index (κ1) is 15.4. The summed E-state index contributed by atoms with van der Waals surface area (Å²) in [6, 6.07) is 16.1. The first-order chi connectivity index (χ1) is 11.7. The minimum Gasteiger partial charge on any atom is -0.505 e. The molecule has 2 N–H and O–H groups in total. The van der Waals surface area contributed by atoms with Gasteiger partial charge in [-0.25, -0.2) is 0 Å². The molecule has 1 aliphatic heterocycles. The zero-order chi connectivity index (χ0) is 16.5. The number of fused-ring (bicyclic) bond motifs is 1. The largest absolute Gasteiger partial charge is 0.505 e. The summed E-state index contributed by atoms with van der Waals surface area (Å²) < 4.78 is 0. The third-order valence-electron chi connectivity index (χ3n) is 4.95. The number of nitrogens with one attached hydrogen (secondary N) is 1. The van der Waals surface area contributed by atoms with Gasteiger partial charge < -0.3 is 10.0 Å².